The van der Waals surface area contributed by atoms with Crippen LogP contribution in [0.2, 0.25) is 5.02 Å². The van der Waals surface area contributed by atoms with E-state index in [1.165, 1.54) is 4.90 Å². The minimum absolute atomic E-state index is 0.00186. The highest BCUT2D eigenvalue weighted by molar-refractivity contribution is 7.92. The maximum atomic E-state index is 13.6. The lowest BCUT2D eigenvalue weighted by atomic mass is 10.1. The monoisotopic (exact) mass is 561 g/mol. The number of hydrogen-bond donors (Lipinski definition) is 1. The van der Waals surface area contributed by atoms with Crippen molar-refractivity contribution in [3.63, 3.8) is 0 Å². The number of halogens is 4. The summed E-state index contributed by atoms with van der Waals surface area (Å²) in [7, 11) is -4.20. The summed E-state index contributed by atoms with van der Waals surface area (Å²) in [6.45, 7) is 4.62. The van der Waals surface area contributed by atoms with Gasteiger partial charge in [-0.2, -0.15) is 13.2 Å². The van der Waals surface area contributed by atoms with Crippen LogP contribution in [0.4, 0.5) is 18.9 Å². The molecule has 2 aromatic carbocycles. The number of rotatable bonds is 11. The van der Waals surface area contributed by atoms with E-state index in [0.717, 1.165) is 18.4 Å². The molecule has 0 aliphatic rings. The number of alkyl halides is 3. The predicted molar refractivity (Wildman–Crippen MR) is 138 cm³/mol. The predicted octanol–water partition coefficient (Wildman–Crippen LogP) is 4.85. The molecule has 204 valence electrons. The third-order valence-corrected chi connectivity index (χ3v) is 7.28. The highest BCUT2D eigenvalue weighted by atomic mass is 35.5. The molecule has 0 bridgehead atoms. The van der Waals surface area contributed by atoms with E-state index in [-0.39, 0.29) is 24.7 Å². The first-order chi connectivity index (χ1) is 17.2. The average Bonchev–Trinajstić information content (AvgIpc) is 2.81. The van der Waals surface area contributed by atoms with E-state index in [0.29, 0.717) is 22.4 Å². The number of hydrogen-bond acceptors (Lipinski definition) is 4. The van der Waals surface area contributed by atoms with Gasteiger partial charge in [-0.15, -0.1) is 0 Å². The van der Waals surface area contributed by atoms with Crippen molar-refractivity contribution < 1.29 is 31.2 Å². The number of nitrogens with zero attached hydrogens (tertiary/aromatic N) is 2. The molecule has 12 heteroatoms. The van der Waals surface area contributed by atoms with Crippen LogP contribution in [0.5, 0.6) is 0 Å². The quantitative estimate of drug-likeness (QED) is 0.425. The van der Waals surface area contributed by atoms with Gasteiger partial charge in [0, 0.05) is 12.6 Å². The minimum Gasteiger partial charge on any atom is -0.352 e. The van der Waals surface area contributed by atoms with E-state index >= 15 is 0 Å². The Bertz CT molecular complexity index is 1190. The van der Waals surface area contributed by atoms with Gasteiger partial charge in [-0.05, 0) is 43.5 Å². The number of nitrogens with one attached hydrogen (secondary N) is 1. The third-order valence-electron chi connectivity index (χ3n) is 5.81. The molecule has 0 spiro atoms. The minimum atomic E-state index is -4.83. The Labute approximate surface area is 220 Å². The molecule has 0 aromatic heterocycles. The van der Waals surface area contributed by atoms with Gasteiger partial charge in [-0.3, -0.25) is 13.9 Å². The molecule has 0 aliphatic heterocycles. The SMILES string of the molecule is CC[C@H](C(=O)N[C@@H](C)CC)N(Cc1ccccc1)C(=O)CN(c1ccc(Cl)c(C(F)(F)F)c1)S(C)(=O)=O. The third kappa shape index (κ3) is 8.36. The molecule has 0 aliphatic carbocycles. The van der Waals surface area contributed by atoms with Crippen molar-refractivity contribution in [3.8, 4) is 0 Å². The van der Waals surface area contributed by atoms with Gasteiger partial charge in [0.15, 0.2) is 0 Å². The fourth-order valence-corrected chi connectivity index (χ4v) is 4.71. The molecule has 7 nitrogen and oxygen atoms in total. The normalized spacial score (nSPS) is 13.5. The molecule has 0 fully saturated rings. The lowest BCUT2D eigenvalue weighted by Gasteiger charge is -2.33. The molecule has 0 saturated carbocycles. The summed E-state index contributed by atoms with van der Waals surface area (Å²) < 4.78 is 66.1. The number of anilines is 1. The first-order valence-corrected chi connectivity index (χ1v) is 13.9. The first-order valence-electron chi connectivity index (χ1n) is 11.7. The Morgan fingerprint density at radius 2 is 1.68 bits per heavy atom. The van der Waals surface area contributed by atoms with Crippen LogP contribution in [0.15, 0.2) is 48.5 Å². The Hall–Kier alpha value is -2.79. The Balaban J connectivity index is 2.50. The highest BCUT2D eigenvalue weighted by Gasteiger charge is 2.36. The number of carbonyl (C=O) groups is 2. The molecule has 2 rings (SSSR count). The van der Waals surface area contributed by atoms with Gasteiger partial charge in [0.1, 0.15) is 12.6 Å². The molecular weight excluding hydrogens is 531 g/mol. The van der Waals surface area contributed by atoms with Crippen LogP contribution in [0, 0.1) is 0 Å². The first kappa shape index (κ1) is 30.4. The van der Waals surface area contributed by atoms with Gasteiger partial charge in [0.25, 0.3) is 0 Å². The van der Waals surface area contributed by atoms with E-state index in [2.05, 4.69) is 5.32 Å². The van der Waals surface area contributed by atoms with Gasteiger partial charge < -0.3 is 10.2 Å². The molecular formula is C25H31ClF3N3O4S. The van der Waals surface area contributed by atoms with Crippen LogP contribution in [-0.2, 0) is 32.3 Å². The highest BCUT2D eigenvalue weighted by Crippen LogP contribution is 2.37. The Morgan fingerprint density at radius 3 is 2.19 bits per heavy atom. The molecule has 2 amide bonds. The average molecular weight is 562 g/mol. The maximum Gasteiger partial charge on any atom is 0.417 e. The maximum absolute atomic E-state index is 13.6. The van der Waals surface area contributed by atoms with E-state index in [9.17, 15) is 31.2 Å². The summed E-state index contributed by atoms with van der Waals surface area (Å²) in [5, 5.41) is 2.24. The lowest BCUT2D eigenvalue weighted by molar-refractivity contribution is -0.140. The summed E-state index contributed by atoms with van der Waals surface area (Å²) in [4.78, 5) is 27.9. The topological polar surface area (TPSA) is 86.8 Å². The molecule has 37 heavy (non-hydrogen) atoms. The molecule has 0 saturated heterocycles. The summed E-state index contributed by atoms with van der Waals surface area (Å²) in [5.41, 5.74) is -0.903. The number of carbonyl (C=O) groups excluding carboxylic acids is 2. The van der Waals surface area contributed by atoms with Crippen molar-refractivity contribution in [1.82, 2.24) is 10.2 Å². The van der Waals surface area contributed by atoms with Crippen molar-refractivity contribution in [2.75, 3.05) is 17.1 Å². The van der Waals surface area contributed by atoms with Gasteiger partial charge in [-0.1, -0.05) is 55.8 Å². The fraction of sp³-hybridized carbons (Fsp3) is 0.440. The van der Waals surface area contributed by atoms with Gasteiger partial charge in [-0.25, -0.2) is 8.42 Å². The second kappa shape index (κ2) is 12.6. The van der Waals surface area contributed by atoms with Crippen LogP contribution in [0.1, 0.15) is 44.7 Å². The largest absolute Gasteiger partial charge is 0.417 e. The van der Waals surface area contributed by atoms with E-state index in [4.69, 9.17) is 11.6 Å². The van der Waals surface area contributed by atoms with Crippen LogP contribution in [0.25, 0.3) is 0 Å². The second-order valence-corrected chi connectivity index (χ2v) is 11.0. The van der Waals surface area contributed by atoms with E-state index in [1.807, 2.05) is 13.8 Å². The zero-order valence-electron chi connectivity index (χ0n) is 21.0. The van der Waals surface area contributed by atoms with Gasteiger partial charge in [0.2, 0.25) is 21.8 Å². The van der Waals surface area contributed by atoms with Gasteiger partial charge in [0.05, 0.1) is 22.5 Å². The summed E-state index contributed by atoms with van der Waals surface area (Å²) in [6, 6.07) is 10.3. The van der Waals surface area contributed by atoms with Crippen molar-refractivity contribution >= 4 is 39.1 Å². The number of amides is 2. The Morgan fingerprint density at radius 1 is 1.05 bits per heavy atom. The van der Waals surface area contributed by atoms with Crippen molar-refractivity contribution in [1.29, 1.82) is 0 Å². The molecule has 0 radical (unpaired) electrons. The molecule has 2 atom stereocenters. The molecule has 0 unspecified atom stereocenters. The fourth-order valence-electron chi connectivity index (χ4n) is 3.64. The van der Waals surface area contributed by atoms with Crippen LogP contribution in [0.3, 0.4) is 0 Å². The zero-order valence-corrected chi connectivity index (χ0v) is 22.6. The molecule has 1 N–H and O–H groups in total. The smallest absolute Gasteiger partial charge is 0.352 e. The zero-order chi connectivity index (χ0) is 28.0. The lowest BCUT2D eigenvalue weighted by Crippen LogP contribution is -2.53. The van der Waals surface area contributed by atoms with Crippen LogP contribution >= 0.6 is 11.6 Å². The van der Waals surface area contributed by atoms with Crippen molar-refractivity contribution in [3.05, 3.63) is 64.7 Å². The van der Waals surface area contributed by atoms with Crippen LogP contribution in [-0.4, -0.2) is 50.0 Å². The van der Waals surface area contributed by atoms with Crippen LogP contribution < -0.4 is 9.62 Å². The Kier molecular flexibility index (Phi) is 10.4. The summed E-state index contributed by atoms with van der Waals surface area (Å²) >= 11 is 5.69. The van der Waals surface area contributed by atoms with E-state index in [1.54, 1.807) is 37.3 Å². The van der Waals surface area contributed by atoms with E-state index < -0.39 is 51.2 Å². The standard InChI is InChI=1S/C25H31ClF3N3O4S/c1-5-17(3)30-24(34)22(6-2)31(15-18-10-8-7-9-11-18)23(33)16-32(37(4,35)36)19-12-13-21(26)20(14-19)25(27,28)29/h7-14,17,22H,5-6,15-16H2,1-4H3,(H,30,34)/t17-,22+/m0/s1. The molecule has 0 heterocycles. The summed E-state index contributed by atoms with van der Waals surface area (Å²) in [5.74, 6) is -1.15. The summed E-state index contributed by atoms with van der Waals surface area (Å²) in [6.07, 6.45) is -3.15. The van der Waals surface area contributed by atoms with Crippen molar-refractivity contribution in [2.24, 2.45) is 0 Å². The number of sulfonamides is 1. The second-order valence-electron chi connectivity index (χ2n) is 8.68. The van der Waals surface area contributed by atoms with Gasteiger partial charge >= 0.3 is 6.18 Å². The van der Waals surface area contributed by atoms with Crippen molar-refractivity contribution in [2.45, 2.75) is 58.4 Å². The molecule has 2 aromatic rings. The number of benzene rings is 2.